The Bertz CT molecular complexity index is 1100. The van der Waals surface area contributed by atoms with E-state index in [0.29, 0.717) is 17.8 Å². The molecule has 0 aromatic carbocycles. The fourth-order valence-corrected chi connectivity index (χ4v) is 4.51. The molecule has 1 fully saturated rings. The van der Waals surface area contributed by atoms with Crippen LogP contribution in [0.5, 0.6) is 5.88 Å². The van der Waals surface area contributed by atoms with Crippen LogP contribution in [-0.4, -0.2) is 44.4 Å². The number of ether oxygens (including phenoxy) is 1. The summed E-state index contributed by atoms with van der Waals surface area (Å²) in [5.74, 6) is 0.930. The SMILES string of the molecule is CCCC(CNC1CCC1)n1nc(C)c2nc(-c3ccc(C(C)C)nc3OC)c(CC)nc21. The van der Waals surface area contributed by atoms with Crippen molar-refractivity contribution in [3.8, 4) is 17.1 Å². The van der Waals surface area contributed by atoms with Gasteiger partial charge in [-0.15, -0.1) is 0 Å². The lowest BCUT2D eigenvalue weighted by Crippen LogP contribution is -2.39. The average molecular weight is 451 g/mol. The quantitative estimate of drug-likeness (QED) is 0.447. The summed E-state index contributed by atoms with van der Waals surface area (Å²) in [5.41, 5.74) is 6.34. The van der Waals surface area contributed by atoms with Crippen LogP contribution in [0.1, 0.15) is 88.8 Å². The molecule has 33 heavy (non-hydrogen) atoms. The molecule has 3 aromatic heterocycles. The van der Waals surface area contributed by atoms with Crippen molar-refractivity contribution < 1.29 is 4.74 Å². The molecule has 4 rings (SSSR count). The molecule has 178 valence electrons. The van der Waals surface area contributed by atoms with E-state index in [-0.39, 0.29) is 6.04 Å². The fourth-order valence-electron chi connectivity index (χ4n) is 4.51. The lowest BCUT2D eigenvalue weighted by molar-refractivity contribution is 0.302. The molecule has 0 spiro atoms. The van der Waals surface area contributed by atoms with Crippen molar-refractivity contribution in [2.75, 3.05) is 13.7 Å². The Kier molecular flexibility index (Phi) is 7.27. The Hall–Kier alpha value is -2.54. The molecule has 0 radical (unpaired) electrons. The van der Waals surface area contributed by atoms with Crippen molar-refractivity contribution in [3.63, 3.8) is 0 Å². The first-order valence-corrected chi connectivity index (χ1v) is 12.5. The molecule has 1 aliphatic rings. The number of hydrogen-bond donors (Lipinski definition) is 1. The summed E-state index contributed by atoms with van der Waals surface area (Å²) in [6.45, 7) is 11.6. The lowest BCUT2D eigenvalue weighted by atomic mass is 9.93. The van der Waals surface area contributed by atoms with Crippen LogP contribution in [0.3, 0.4) is 0 Å². The number of aryl methyl sites for hydroxylation is 2. The summed E-state index contributed by atoms with van der Waals surface area (Å²) in [6, 6.07) is 5.06. The first-order valence-electron chi connectivity index (χ1n) is 12.5. The number of aromatic nitrogens is 5. The number of nitrogens with zero attached hydrogens (tertiary/aromatic N) is 5. The van der Waals surface area contributed by atoms with E-state index >= 15 is 0 Å². The van der Waals surface area contributed by atoms with E-state index in [1.54, 1.807) is 7.11 Å². The molecular formula is C26H38N6O. The van der Waals surface area contributed by atoms with Crippen molar-refractivity contribution in [1.29, 1.82) is 0 Å². The van der Waals surface area contributed by atoms with E-state index in [9.17, 15) is 0 Å². The Morgan fingerprint density at radius 2 is 1.94 bits per heavy atom. The van der Waals surface area contributed by atoms with Crippen LogP contribution in [0.4, 0.5) is 0 Å². The van der Waals surface area contributed by atoms with E-state index < -0.39 is 0 Å². The summed E-state index contributed by atoms with van der Waals surface area (Å²) in [5, 5.41) is 8.66. The summed E-state index contributed by atoms with van der Waals surface area (Å²) in [7, 11) is 1.67. The zero-order valence-corrected chi connectivity index (χ0v) is 21.0. The van der Waals surface area contributed by atoms with Gasteiger partial charge in [0.2, 0.25) is 5.88 Å². The minimum absolute atomic E-state index is 0.276. The molecule has 7 nitrogen and oxygen atoms in total. The van der Waals surface area contributed by atoms with Gasteiger partial charge in [-0.2, -0.15) is 5.10 Å². The lowest BCUT2D eigenvalue weighted by Gasteiger charge is -2.29. The molecule has 0 bridgehead atoms. The predicted molar refractivity (Wildman–Crippen MR) is 133 cm³/mol. The zero-order valence-electron chi connectivity index (χ0n) is 21.0. The normalized spacial score (nSPS) is 15.2. The van der Waals surface area contributed by atoms with Crippen LogP contribution in [0.25, 0.3) is 22.4 Å². The number of nitrogens with one attached hydrogen (secondary N) is 1. The number of fused-ring (bicyclic) bond motifs is 1. The van der Waals surface area contributed by atoms with Gasteiger partial charge in [0.25, 0.3) is 0 Å². The molecule has 0 saturated heterocycles. The molecule has 1 unspecified atom stereocenters. The number of hydrogen-bond acceptors (Lipinski definition) is 6. The molecule has 1 aliphatic carbocycles. The van der Waals surface area contributed by atoms with E-state index in [4.69, 9.17) is 24.8 Å². The Labute approximate surface area is 197 Å². The van der Waals surface area contributed by atoms with Gasteiger partial charge in [-0.25, -0.2) is 19.6 Å². The number of rotatable bonds is 10. The standard InChI is InChI=1S/C26H38N6O/c1-7-10-19(15-27-18-11-9-12-18)32-25-23(17(5)31-32)30-24(21(8-2)28-25)20-13-14-22(16(3)4)29-26(20)33-6/h13-14,16,18-19,27H,7-12,15H2,1-6H3. The predicted octanol–water partition coefficient (Wildman–Crippen LogP) is 5.37. The minimum Gasteiger partial charge on any atom is -0.480 e. The summed E-state index contributed by atoms with van der Waals surface area (Å²) in [6.07, 6.45) is 6.85. The van der Waals surface area contributed by atoms with Gasteiger partial charge in [0, 0.05) is 18.3 Å². The molecule has 1 saturated carbocycles. The highest BCUT2D eigenvalue weighted by atomic mass is 16.5. The third-order valence-corrected chi connectivity index (χ3v) is 6.74. The van der Waals surface area contributed by atoms with Crippen molar-refractivity contribution in [1.82, 2.24) is 30.0 Å². The van der Waals surface area contributed by atoms with Gasteiger partial charge in [0.1, 0.15) is 5.52 Å². The topological polar surface area (TPSA) is 77.8 Å². The Morgan fingerprint density at radius 1 is 1.15 bits per heavy atom. The Balaban J connectivity index is 1.77. The third-order valence-electron chi connectivity index (χ3n) is 6.74. The van der Waals surface area contributed by atoms with Crippen LogP contribution in [0.2, 0.25) is 0 Å². The molecule has 1 N–H and O–H groups in total. The van der Waals surface area contributed by atoms with Crippen LogP contribution in [0, 0.1) is 6.92 Å². The second-order valence-electron chi connectivity index (χ2n) is 9.50. The fraction of sp³-hybridized carbons (Fsp3) is 0.615. The summed E-state index contributed by atoms with van der Waals surface area (Å²) < 4.78 is 7.79. The second-order valence-corrected chi connectivity index (χ2v) is 9.50. The smallest absolute Gasteiger partial charge is 0.222 e. The maximum Gasteiger partial charge on any atom is 0.222 e. The van der Waals surface area contributed by atoms with E-state index in [0.717, 1.165) is 65.3 Å². The van der Waals surface area contributed by atoms with Crippen LogP contribution < -0.4 is 10.1 Å². The highest BCUT2D eigenvalue weighted by Gasteiger charge is 2.24. The Morgan fingerprint density at radius 3 is 2.55 bits per heavy atom. The van der Waals surface area contributed by atoms with Crippen molar-refractivity contribution >= 4 is 11.2 Å². The second kappa shape index (κ2) is 10.2. The van der Waals surface area contributed by atoms with Gasteiger partial charge < -0.3 is 10.1 Å². The monoisotopic (exact) mass is 450 g/mol. The maximum atomic E-state index is 5.67. The molecule has 3 heterocycles. The highest BCUT2D eigenvalue weighted by molar-refractivity contribution is 5.79. The van der Waals surface area contributed by atoms with E-state index in [1.807, 2.05) is 6.92 Å². The molecule has 7 heteroatoms. The molecule has 1 atom stereocenters. The van der Waals surface area contributed by atoms with Gasteiger partial charge in [0.05, 0.1) is 35.8 Å². The first kappa shape index (κ1) is 23.6. The van der Waals surface area contributed by atoms with Crippen molar-refractivity contribution in [3.05, 3.63) is 29.2 Å². The molecule has 0 aliphatic heterocycles. The van der Waals surface area contributed by atoms with Crippen LogP contribution in [-0.2, 0) is 6.42 Å². The largest absolute Gasteiger partial charge is 0.480 e. The molecular weight excluding hydrogens is 412 g/mol. The summed E-state index contributed by atoms with van der Waals surface area (Å²) in [4.78, 5) is 15.0. The zero-order chi connectivity index (χ0) is 23.5. The van der Waals surface area contributed by atoms with Gasteiger partial charge in [0.15, 0.2) is 5.65 Å². The highest BCUT2D eigenvalue weighted by Crippen LogP contribution is 2.33. The van der Waals surface area contributed by atoms with Gasteiger partial charge in [-0.3, -0.25) is 0 Å². The van der Waals surface area contributed by atoms with Gasteiger partial charge >= 0.3 is 0 Å². The number of pyridine rings is 1. The molecule has 0 amide bonds. The van der Waals surface area contributed by atoms with Crippen LogP contribution >= 0.6 is 0 Å². The van der Waals surface area contributed by atoms with Crippen LogP contribution in [0.15, 0.2) is 12.1 Å². The maximum absolute atomic E-state index is 5.67. The van der Waals surface area contributed by atoms with E-state index in [2.05, 4.69) is 49.8 Å². The van der Waals surface area contributed by atoms with Crippen molar-refractivity contribution in [2.24, 2.45) is 0 Å². The van der Waals surface area contributed by atoms with Crippen molar-refractivity contribution in [2.45, 2.75) is 91.1 Å². The molecule has 3 aromatic rings. The first-order chi connectivity index (χ1) is 16.0. The van der Waals surface area contributed by atoms with Gasteiger partial charge in [-0.1, -0.05) is 40.5 Å². The minimum atomic E-state index is 0.276. The summed E-state index contributed by atoms with van der Waals surface area (Å²) >= 11 is 0. The average Bonchev–Trinajstić information content (AvgIpc) is 3.11. The van der Waals surface area contributed by atoms with E-state index in [1.165, 1.54) is 19.3 Å². The third kappa shape index (κ3) is 4.74. The van der Waals surface area contributed by atoms with Gasteiger partial charge in [-0.05, 0) is 50.7 Å². The number of methoxy groups -OCH3 is 1.